The minimum Gasteiger partial charge on any atom is -0.497 e. The van der Waals surface area contributed by atoms with E-state index >= 15 is 0 Å². The number of para-hydroxylation sites is 2. The molecule has 0 bridgehead atoms. The Bertz CT molecular complexity index is 1580. The molecule has 0 fully saturated rings. The molecule has 2 heterocycles. The van der Waals surface area contributed by atoms with Gasteiger partial charge in [0.2, 0.25) is 0 Å². The number of aliphatic imine (C=N–C) groups is 1. The van der Waals surface area contributed by atoms with E-state index in [-0.39, 0.29) is 5.25 Å². The Morgan fingerprint density at radius 2 is 1.53 bits per heavy atom. The van der Waals surface area contributed by atoms with E-state index in [1.807, 2.05) is 30.0 Å². The number of aromatic nitrogens is 2. The molecule has 188 valence electrons. The molecule has 0 saturated heterocycles. The molecule has 6 heteroatoms. The van der Waals surface area contributed by atoms with E-state index in [1.165, 1.54) is 15.4 Å². The Kier molecular flexibility index (Phi) is 7.08. The van der Waals surface area contributed by atoms with E-state index in [0.717, 1.165) is 45.5 Å². The van der Waals surface area contributed by atoms with Crippen molar-refractivity contribution in [1.82, 2.24) is 9.78 Å². The van der Waals surface area contributed by atoms with Crippen molar-refractivity contribution < 1.29 is 4.74 Å². The van der Waals surface area contributed by atoms with Gasteiger partial charge in [0.15, 0.2) is 0 Å². The number of fused-ring (bicyclic) bond motifs is 1. The second kappa shape index (κ2) is 10.9. The van der Waals surface area contributed by atoms with E-state index in [4.69, 9.17) is 14.8 Å². The van der Waals surface area contributed by atoms with E-state index in [1.54, 1.807) is 18.9 Å². The highest BCUT2D eigenvalue weighted by Gasteiger charge is 2.30. The van der Waals surface area contributed by atoms with Crippen molar-refractivity contribution in [3.8, 4) is 11.4 Å². The van der Waals surface area contributed by atoms with Gasteiger partial charge in [0, 0.05) is 32.7 Å². The van der Waals surface area contributed by atoms with E-state index in [2.05, 4.69) is 103 Å². The fourth-order valence-electron chi connectivity index (χ4n) is 4.67. The minimum atomic E-state index is 0.142. The lowest BCUT2D eigenvalue weighted by Gasteiger charge is -2.18. The largest absolute Gasteiger partial charge is 0.497 e. The van der Waals surface area contributed by atoms with Gasteiger partial charge in [0.25, 0.3) is 0 Å². The molecule has 38 heavy (non-hydrogen) atoms. The predicted molar refractivity (Wildman–Crippen MR) is 158 cm³/mol. The van der Waals surface area contributed by atoms with Crippen LogP contribution in [0, 0.1) is 6.92 Å². The first-order valence-corrected chi connectivity index (χ1v) is 14.2. The van der Waals surface area contributed by atoms with Crippen LogP contribution in [0.4, 0.5) is 5.69 Å². The number of thioether (sulfide) groups is 1. The van der Waals surface area contributed by atoms with Gasteiger partial charge in [0.05, 0.1) is 24.2 Å². The summed E-state index contributed by atoms with van der Waals surface area (Å²) in [6, 6.07) is 37.6. The van der Waals surface area contributed by atoms with Crippen molar-refractivity contribution in [1.29, 1.82) is 0 Å². The minimum absolute atomic E-state index is 0.142. The van der Waals surface area contributed by atoms with Crippen molar-refractivity contribution in [2.24, 2.45) is 4.99 Å². The molecule has 6 rings (SSSR count). The fourth-order valence-corrected chi connectivity index (χ4v) is 7.23. The average Bonchev–Trinajstić information content (AvgIpc) is 3.16. The molecule has 0 aliphatic carbocycles. The van der Waals surface area contributed by atoms with Crippen molar-refractivity contribution in [3.63, 3.8) is 0 Å². The molecule has 0 saturated carbocycles. The van der Waals surface area contributed by atoms with Crippen LogP contribution in [0.15, 0.2) is 129 Å². The summed E-state index contributed by atoms with van der Waals surface area (Å²) >= 11 is 3.65. The Morgan fingerprint density at radius 3 is 2.26 bits per heavy atom. The molecule has 4 nitrogen and oxygen atoms in total. The van der Waals surface area contributed by atoms with Gasteiger partial charge in [-0.2, -0.15) is 5.10 Å². The monoisotopic (exact) mass is 533 g/mol. The van der Waals surface area contributed by atoms with Crippen LogP contribution in [0.25, 0.3) is 5.69 Å². The van der Waals surface area contributed by atoms with Gasteiger partial charge < -0.3 is 4.74 Å². The maximum Gasteiger partial charge on any atom is 0.118 e. The first-order valence-electron chi connectivity index (χ1n) is 12.5. The summed E-state index contributed by atoms with van der Waals surface area (Å²) in [5, 5.41) is 6.37. The standard InChI is InChI=1S/C32H27N3OS2/c1-22-31(32(37-26-13-7-4-8-14-26)35(34-22)24-11-5-3-6-12-24)30-21-28(23-17-19-25(36-2)20-18-23)33-27-15-9-10-16-29(27)38-30/h3-20,30H,21H2,1-2H3. The predicted octanol–water partition coefficient (Wildman–Crippen LogP) is 8.70. The summed E-state index contributed by atoms with van der Waals surface area (Å²) in [6.07, 6.45) is 0.787. The second-order valence-electron chi connectivity index (χ2n) is 9.03. The van der Waals surface area contributed by atoms with Gasteiger partial charge in [-0.1, -0.05) is 60.3 Å². The molecular weight excluding hydrogens is 507 g/mol. The summed E-state index contributed by atoms with van der Waals surface area (Å²) in [5.74, 6) is 0.843. The number of benzene rings is 4. The third-order valence-corrected chi connectivity index (χ3v) is 8.92. The molecule has 1 aliphatic rings. The maximum absolute atomic E-state index is 5.40. The lowest BCUT2D eigenvalue weighted by Crippen LogP contribution is -2.07. The molecule has 1 aliphatic heterocycles. The van der Waals surface area contributed by atoms with Crippen molar-refractivity contribution in [3.05, 3.63) is 126 Å². The summed E-state index contributed by atoms with van der Waals surface area (Å²) in [5.41, 5.74) is 6.54. The van der Waals surface area contributed by atoms with Crippen LogP contribution in [-0.4, -0.2) is 22.6 Å². The topological polar surface area (TPSA) is 39.4 Å². The zero-order valence-electron chi connectivity index (χ0n) is 21.2. The number of methoxy groups -OCH3 is 1. The number of ether oxygens (including phenoxy) is 1. The normalized spacial score (nSPS) is 14.9. The Morgan fingerprint density at radius 1 is 0.842 bits per heavy atom. The van der Waals surface area contributed by atoms with E-state index in [9.17, 15) is 0 Å². The van der Waals surface area contributed by atoms with Crippen molar-refractivity contribution in [2.75, 3.05) is 7.11 Å². The molecular formula is C32H27N3OS2. The summed E-state index contributed by atoms with van der Waals surface area (Å²) in [6.45, 7) is 2.13. The molecule has 4 aromatic carbocycles. The van der Waals surface area contributed by atoms with Crippen LogP contribution in [0.2, 0.25) is 0 Å². The molecule has 1 unspecified atom stereocenters. The summed E-state index contributed by atoms with van der Waals surface area (Å²) in [7, 11) is 1.69. The van der Waals surface area contributed by atoms with Crippen molar-refractivity contribution in [2.45, 2.75) is 33.4 Å². The number of rotatable bonds is 6. The number of nitrogens with zero attached hydrogens (tertiary/aromatic N) is 3. The summed E-state index contributed by atoms with van der Waals surface area (Å²) in [4.78, 5) is 7.54. The molecule has 0 amide bonds. The number of aryl methyl sites for hydroxylation is 1. The number of hydrogen-bond acceptors (Lipinski definition) is 5. The van der Waals surface area contributed by atoms with Gasteiger partial charge in [-0.15, -0.1) is 11.8 Å². The summed E-state index contributed by atoms with van der Waals surface area (Å²) < 4.78 is 7.50. The molecule has 0 N–H and O–H groups in total. The lowest BCUT2D eigenvalue weighted by molar-refractivity contribution is 0.415. The van der Waals surface area contributed by atoms with Crippen LogP contribution in [0.1, 0.15) is 28.5 Å². The van der Waals surface area contributed by atoms with E-state index in [0.29, 0.717) is 0 Å². The average molecular weight is 534 g/mol. The highest BCUT2D eigenvalue weighted by molar-refractivity contribution is 8.00. The highest BCUT2D eigenvalue weighted by atomic mass is 32.2. The van der Waals surface area contributed by atoms with Crippen LogP contribution >= 0.6 is 23.5 Å². The Labute approximate surface area is 231 Å². The van der Waals surface area contributed by atoms with E-state index < -0.39 is 0 Å². The molecule has 0 spiro atoms. The Balaban J connectivity index is 1.49. The zero-order chi connectivity index (χ0) is 25.9. The smallest absolute Gasteiger partial charge is 0.118 e. The van der Waals surface area contributed by atoms with Crippen LogP contribution in [0.3, 0.4) is 0 Å². The lowest BCUT2D eigenvalue weighted by atomic mass is 10.0. The number of hydrogen-bond donors (Lipinski definition) is 0. The Hall–Kier alpha value is -3.74. The van der Waals surface area contributed by atoms with Crippen molar-refractivity contribution >= 4 is 34.9 Å². The second-order valence-corrected chi connectivity index (χ2v) is 11.3. The van der Waals surface area contributed by atoms with Gasteiger partial charge in [-0.3, -0.25) is 4.99 Å². The van der Waals surface area contributed by atoms with Gasteiger partial charge >= 0.3 is 0 Å². The third-order valence-electron chi connectivity index (χ3n) is 6.53. The maximum atomic E-state index is 5.40. The molecule has 0 radical (unpaired) electrons. The van der Waals surface area contributed by atoms with Crippen LogP contribution in [-0.2, 0) is 0 Å². The van der Waals surface area contributed by atoms with Gasteiger partial charge in [0.1, 0.15) is 10.8 Å². The highest BCUT2D eigenvalue weighted by Crippen LogP contribution is 2.49. The fraction of sp³-hybridized carbons (Fsp3) is 0.125. The molecule has 1 aromatic heterocycles. The van der Waals surface area contributed by atoms with Gasteiger partial charge in [-0.25, -0.2) is 4.68 Å². The van der Waals surface area contributed by atoms with Crippen LogP contribution < -0.4 is 4.74 Å². The third kappa shape index (κ3) is 5.02. The molecule has 5 aromatic rings. The zero-order valence-corrected chi connectivity index (χ0v) is 22.9. The molecule has 1 atom stereocenters. The first kappa shape index (κ1) is 24.6. The first-order chi connectivity index (χ1) is 18.7. The van der Waals surface area contributed by atoms with Crippen LogP contribution in [0.5, 0.6) is 5.75 Å². The quantitative estimate of drug-likeness (QED) is 0.219. The van der Waals surface area contributed by atoms with Gasteiger partial charge in [-0.05, 0) is 73.2 Å². The SMILES string of the molecule is COc1ccc(C2=Nc3ccccc3SC(c3c(C)nn(-c4ccccc4)c3Sc3ccccc3)C2)cc1.